The predicted molar refractivity (Wildman–Crippen MR) is 55.0 cm³/mol. The van der Waals surface area contributed by atoms with Gasteiger partial charge in [0.2, 0.25) is 5.96 Å². The molecule has 0 spiro atoms. The van der Waals surface area contributed by atoms with Gasteiger partial charge in [-0.1, -0.05) is 0 Å². The van der Waals surface area contributed by atoms with Crippen LogP contribution in [-0.2, 0) is 10.4 Å². The Morgan fingerprint density at radius 3 is 1.67 bits per heavy atom. The molecule has 92 valence electrons. The van der Waals surface area contributed by atoms with Crippen molar-refractivity contribution in [1.29, 1.82) is 5.41 Å². The molecular weight excluding hydrogens is 230 g/mol. The average Bonchev–Trinajstić information content (AvgIpc) is 1.80. The second-order valence-corrected chi connectivity index (χ2v) is 3.09. The van der Waals surface area contributed by atoms with E-state index in [4.69, 9.17) is 34.4 Å². The molecule has 0 atom stereocenters. The van der Waals surface area contributed by atoms with Crippen molar-refractivity contribution >= 4 is 22.3 Å². The van der Waals surface area contributed by atoms with E-state index in [1.165, 1.54) is 0 Å². The summed E-state index contributed by atoms with van der Waals surface area (Å²) in [4.78, 5) is 5.03. The molecule has 0 amide bonds. The summed E-state index contributed by atoms with van der Waals surface area (Å²) in [6.45, 7) is 0. The first-order valence-corrected chi connectivity index (χ1v) is 4.49. The van der Waals surface area contributed by atoms with Crippen molar-refractivity contribution < 1.29 is 23.0 Å². The van der Waals surface area contributed by atoms with Crippen LogP contribution >= 0.6 is 0 Å². The van der Waals surface area contributed by atoms with Crippen LogP contribution in [0.3, 0.4) is 0 Å². The zero-order valence-corrected chi connectivity index (χ0v) is 8.98. The lowest BCUT2D eigenvalue weighted by molar-refractivity contribution is 0.381. The molecule has 0 bridgehead atoms. The SMILES string of the molecule is CN(C)C(N)=NC(=N)N.O.O=S(=O)(O)O. The van der Waals surface area contributed by atoms with Gasteiger partial charge in [-0.3, -0.25) is 14.5 Å². The van der Waals surface area contributed by atoms with Crippen molar-refractivity contribution in [1.82, 2.24) is 4.90 Å². The third-order valence-corrected chi connectivity index (χ3v) is 0.693. The average molecular weight is 245 g/mol. The van der Waals surface area contributed by atoms with Gasteiger partial charge >= 0.3 is 10.4 Å². The summed E-state index contributed by atoms with van der Waals surface area (Å²) in [6, 6.07) is 0. The highest BCUT2D eigenvalue weighted by Gasteiger charge is 1.92. The Bertz CT molecular complexity index is 301. The summed E-state index contributed by atoms with van der Waals surface area (Å²) in [6.07, 6.45) is 0. The van der Waals surface area contributed by atoms with Crippen LogP contribution in [0.1, 0.15) is 0 Å². The van der Waals surface area contributed by atoms with E-state index in [0.29, 0.717) is 0 Å². The minimum absolute atomic E-state index is 0. The van der Waals surface area contributed by atoms with Gasteiger partial charge in [-0.15, -0.1) is 0 Å². The maximum Gasteiger partial charge on any atom is 0.394 e. The first kappa shape index (κ1) is 19.2. The summed E-state index contributed by atoms with van der Waals surface area (Å²) in [5.74, 6) is -0.0382. The van der Waals surface area contributed by atoms with Crippen molar-refractivity contribution in [2.75, 3.05) is 14.1 Å². The van der Waals surface area contributed by atoms with E-state index < -0.39 is 10.4 Å². The van der Waals surface area contributed by atoms with Gasteiger partial charge in [-0.25, -0.2) is 0 Å². The molecule has 0 aromatic carbocycles. The molecule has 0 aliphatic carbocycles. The summed E-state index contributed by atoms with van der Waals surface area (Å²) >= 11 is 0. The molecule has 0 unspecified atom stereocenters. The first-order valence-electron chi connectivity index (χ1n) is 3.09. The fourth-order valence-electron chi connectivity index (χ4n) is 0.223. The van der Waals surface area contributed by atoms with Gasteiger partial charge in [-0.2, -0.15) is 13.4 Å². The molecule has 0 fully saturated rings. The van der Waals surface area contributed by atoms with Crippen LogP contribution < -0.4 is 11.5 Å². The zero-order chi connectivity index (χ0) is 11.9. The molecule has 0 saturated carbocycles. The highest BCUT2D eigenvalue weighted by molar-refractivity contribution is 7.79. The molecule has 0 rings (SSSR count). The van der Waals surface area contributed by atoms with E-state index in [0.717, 1.165) is 0 Å². The Kier molecular flexibility index (Phi) is 10.1. The van der Waals surface area contributed by atoms with Crippen molar-refractivity contribution in [3.63, 3.8) is 0 Å². The van der Waals surface area contributed by atoms with Crippen LogP contribution in [0, 0.1) is 5.41 Å². The summed E-state index contributed by atoms with van der Waals surface area (Å²) in [5, 5.41) is 6.70. The van der Waals surface area contributed by atoms with Gasteiger partial charge in [0.15, 0.2) is 5.96 Å². The van der Waals surface area contributed by atoms with Crippen molar-refractivity contribution in [3.8, 4) is 0 Å². The largest absolute Gasteiger partial charge is 0.412 e. The molecule has 0 radical (unpaired) electrons. The van der Waals surface area contributed by atoms with E-state index >= 15 is 0 Å². The molecule has 0 heterocycles. The normalized spacial score (nSPS) is 10.5. The molecule has 0 aliphatic rings. The molecular formula is C4H15N5O5S. The quantitative estimate of drug-likeness (QED) is 0.173. The number of guanidine groups is 2. The van der Waals surface area contributed by atoms with Crippen LogP contribution in [0.5, 0.6) is 0 Å². The van der Waals surface area contributed by atoms with Gasteiger partial charge in [0.25, 0.3) is 0 Å². The molecule has 0 aliphatic heterocycles. The van der Waals surface area contributed by atoms with Crippen LogP contribution in [0.4, 0.5) is 0 Å². The number of rotatable bonds is 0. The van der Waals surface area contributed by atoms with Crippen LogP contribution in [0.2, 0.25) is 0 Å². The molecule has 9 N–H and O–H groups in total. The Morgan fingerprint density at radius 1 is 1.33 bits per heavy atom. The molecule has 11 heteroatoms. The lowest BCUT2D eigenvalue weighted by atomic mass is 10.8. The van der Waals surface area contributed by atoms with E-state index in [9.17, 15) is 0 Å². The number of aliphatic imine (C=N–C) groups is 1. The van der Waals surface area contributed by atoms with Crippen LogP contribution in [0.15, 0.2) is 4.99 Å². The number of hydrogen-bond acceptors (Lipinski definition) is 3. The fourth-order valence-corrected chi connectivity index (χ4v) is 0.223. The molecule has 0 saturated heterocycles. The Labute approximate surface area is 87.0 Å². The van der Waals surface area contributed by atoms with Gasteiger partial charge in [0, 0.05) is 14.1 Å². The van der Waals surface area contributed by atoms with E-state index in [2.05, 4.69) is 4.99 Å². The van der Waals surface area contributed by atoms with Gasteiger partial charge < -0.3 is 21.8 Å². The summed E-state index contributed by atoms with van der Waals surface area (Å²) < 4.78 is 31.6. The standard InChI is InChI=1S/C4H11N5.H2O4S.H2O/c1-9(2)4(7)8-3(5)6;1-5(2,3)4;/h1-2H3,(H5,5,6,7,8);(H2,1,2,3,4);1H2. The topological polar surface area (TPSA) is 198 Å². The smallest absolute Gasteiger partial charge is 0.394 e. The maximum absolute atomic E-state index is 8.74. The zero-order valence-electron chi connectivity index (χ0n) is 8.17. The van der Waals surface area contributed by atoms with Crippen molar-refractivity contribution in [2.45, 2.75) is 0 Å². The number of hydrogen-bond donors (Lipinski definition) is 5. The van der Waals surface area contributed by atoms with Crippen LogP contribution in [0.25, 0.3) is 0 Å². The minimum atomic E-state index is -4.67. The van der Waals surface area contributed by atoms with Gasteiger partial charge in [0.05, 0.1) is 0 Å². The minimum Gasteiger partial charge on any atom is -0.412 e. The molecule has 0 aromatic heterocycles. The lowest BCUT2D eigenvalue weighted by Crippen LogP contribution is -2.32. The van der Waals surface area contributed by atoms with Crippen molar-refractivity contribution in [3.05, 3.63) is 0 Å². The monoisotopic (exact) mass is 245 g/mol. The number of nitrogens with two attached hydrogens (primary N) is 2. The van der Waals surface area contributed by atoms with E-state index in [-0.39, 0.29) is 17.4 Å². The Hall–Kier alpha value is -1.43. The first-order chi connectivity index (χ1) is 6.04. The highest BCUT2D eigenvalue weighted by atomic mass is 32.3. The van der Waals surface area contributed by atoms with E-state index in [1.54, 1.807) is 19.0 Å². The molecule has 0 aromatic rings. The number of nitrogens with one attached hydrogen (secondary N) is 1. The van der Waals surface area contributed by atoms with Crippen LogP contribution in [-0.4, -0.2) is 53.9 Å². The number of nitrogens with zero attached hydrogens (tertiary/aromatic N) is 2. The summed E-state index contributed by atoms with van der Waals surface area (Å²) in [5.41, 5.74) is 10.2. The van der Waals surface area contributed by atoms with Gasteiger partial charge in [-0.05, 0) is 0 Å². The van der Waals surface area contributed by atoms with Gasteiger partial charge in [0.1, 0.15) is 0 Å². The van der Waals surface area contributed by atoms with E-state index in [1.807, 2.05) is 0 Å². The maximum atomic E-state index is 8.74. The highest BCUT2D eigenvalue weighted by Crippen LogP contribution is 1.73. The second kappa shape index (κ2) is 7.93. The van der Waals surface area contributed by atoms with Crippen molar-refractivity contribution in [2.24, 2.45) is 16.5 Å². The second-order valence-electron chi connectivity index (χ2n) is 2.20. The molecule has 10 nitrogen and oxygen atoms in total. The lowest BCUT2D eigenvalue weighted by Gasteiger charge is -2.08. The fraction of sp³-hybridized carbons (Fsp3) is 0.500. The molecule has 15 heavy (non-hydrogen) atoms. The third kappa shape index (κ3) is 32.5. The predicted octanol–water partition coefficient (Wildman–Crippen LogP) is -2.72. The Balaban J connectivity index is -0.000000208. The Morgan fingerprint density at radius 2 is 1.60 bits per heavy atom. The third-order valence-electron chi connectivity index (χ3n) is 0.693. The summed E-state index contributed by atoms with van der Waals surface area (Å²) in [7, 11) is -1.22.